The number of nitrogens with one attached hydrogen (secondary N) is 2. The Morgan fingerprint density at radius 2 is 1.88 bits per heavy atom. The molecule has 4 rings (SSSR count). The number of fused-ring (bicyclic) bond motifs is 1. The fourth-order valence-corrected chi connectivity index (χ4v) is 2.72. The summed E-state index contributed by atoms with van der Waals surface area (Å²) in [7, 11) is 0. The van der Waals surface area contributed by atoms with Gasteiger partial charge in [0.15, 0.2) is 11.5 Å². The first-order valence-corrected chi connectivity index (χ1v) is 7.92. The van der Waals surface area contributed by atoms with Crippen LogP contribution in [0, 0.1) is 5.82 Å². The molecular weight excluding hydrogens is 311 g/mol. The Labute approximate surface area is 138 Å². The molecule has 1 amide bonds. The molecule has 2 aliphatic rings. The van der Waals surface area contributed by atoms with Crippen LogP contribution in [0.15, 0.2) is 36.4 Å². The second-order valence-electron chi connectivity index (χ2n) is 5.98. The van der Waals surface area contributed by atoms with Crippen LogP contribution in [-0.2, 0) is 4.79 Å². The molecule has 2 aromatic carbocycles. The Kier molecular flexibility index (Phi) is 3.72. The summed E-state index contributed by atoms with van der Waals surface area (Å²) < 4.78 is 24.5. The average Bonchev–Trinajstić information content (AvgIpc) is 3.30. The minimum Gasteiger partial charge on any atom is -0.454 e. The van der Waals surface area contributed by atoms with Crippen molar-refractivity contribution in [2.45, 2.75) is 18.8 Å². The summed E-state index contributed by atoms with van der Waals surface area (Å²) >= 11 is 0. The van der Waals surface area contributed by atoms with E-state index in [4.69, 9.17) is 9.47 Å². The van der Waals surface area contributed by atoms with E-state index in [1.165, 1.54) is 6.07 Å². The van der Waals surface area contributed by atoms with Gasteiger partial charge in [-0.1, -0.05) is 6.07 Å². The molecule has 5 nitrogen and oxygen atoms in total. The van der Waals surface area contributed by atoms with Gasteiger partial charge in [0.1, 0.15) is 5.82 Å². The normalized spacial score (nSPS) is 15.2. The number of benzene rings is 2. The number of anilines is 2. The lowest BCUT2D eigenvalue weighted by molar-refractivity contribution is -0.114. The maximum atomic E-state index is 14.0. The van der Waals surface area contributed by atoms with Crippen molar-refractivity contribution in [1.82, 2.24) is 0 Å². The number of halogens is 1. The molecule has 24 heavy (non-hydrogen) atoms. The molecule has 1 saturated carbocycles. The number of ether oxygens (including phenoxy) is 2. The van der Waals surface area contributed by atoms with Crippen molar-refractivity contribution < 1.29 is 18.7 Å². The molecule has 1 fully saturated rings. The second-order valence-corrected chi connectivity index (χ2v) is 5.98. The molecule has 0 atom stereocenters. The zero-order valence-electron chi connectivity index (χ0n) is 13.0. The highest BCUT2D eigenvalue weighted by atomic mass is 19.1. The van der Waals surface area contributed by atoms with Crippen molar-refractivity contribution in [1.29, 1.82) is 0 Å². The van der Waals surface area contributed by atoms with Crippen molar-refractivity contribution in [3.8, 4) is 11.5 Å². The number of hydrogen-bond donors (Lipinski definition) is 2. The maximum Gasteiger partial charge on any atom is 0.243 e. The molecule has 0 aromatic heterocycles. The molecule has 1 aliphatic heterocycles. The van der Waals surface area contributed by atoms with E-state index in [0.717, 1.165) is 18.4 Å². The number of hydrogen-bond acceptors (Lipinski definition) is 4. The Morgan fingerprint density at radius 1 is 1.08 bits per heavy atom. The summed E-state index contributed by atoms with van der Waals surface area (Å²) in [6.45, 7) is 0.243. The smallest absolute Gasteiger partial charge is 0.243 e. The second kappa shape index (κ2) is 6.03. The SMILES string of the molecule is O=C(CNc1ccc(C2CC2)c(F)c1)Nc1ccc2c(c1)OCO2. The van der Waals surface area contributed by atoms with Gasteiger partial charge in [-0.05, 0) is 48.6 Å². The van der Waals surface area contributed by atoms with Crippen molar-refractivity contribution in [2.75, 3.05) is 24.0 Å². The summed E-state index contributed by atoms with van der Waals surface area (Å²) in [5.74, 6) is 1.21. The van der Waals surface area contributed by atoms with Crippen LogP contribution in [0.2, 0.25) is 0 Å². The standard InChI is InChI=1S/C18H17FN2O3/c19-15-7-12(3-5-14(15)11-1-2-11)20-9-18(22)21-13-4-6-16-17(8-13)24-10-23-16/h3-8,11,20H,1-2,9-10H2,(H,21,22). The topological polar surface area (TPSA) is 59.6 Å². The van der Waals surface area contributed by atoms with E-state index in [2.05, 4.69) is 10.6 Å². The monoisotopic (exact) mass is 328 g/mol. The van der Waals surface area contributed by atoms with Gasteiger partial charge in [-0.2, -0.15) is 0 Å². The van der Waals surface area contributed by atoms with Gasteiger partial charge in [0.05, 0.1) is 6.54 Å². The summed E-state index contributed by atoms with van der Waals surface area (Å²) in [6.07, 6.45) is 2.11. The van der Waals surface area contributed by atoms with Crippen molar-refractivity contribution in [2.24, 2.45) is 0 Å². The van der Waals surface area contributed by atoms with E-state index >= 15 is 0 Å². The van der Waals surface area contributed by atoms with Crippen LogP contribution in [-0.4, -0.2) is 19.2 Å². The van der Waals surface area contributed by atoms with E-state index < -0.39 is 0 Å². The molecule has 2 aromatic rings. The van der Waals surface area contributed by atoms with E-state index in [9.17, 15) is 9.18 Å². The van der Waals surface area contributed by atoms with Gasteiger partial charge in [-0.25, -0.2) is 4.39 Å². The Hall–Kier alpha value is -2.76. The van der Waals surface area contributed by atoms with Gasteiger partial charge in [0.2, 0.25) is 12.7 Å². The van der Waals surface area contributed by atoms with Gasteiger partial charge >= 0.3 is 0 Å². The van der Waals surface area contributed by atoms with Gasteiger partial charge < -0.3 is 20.1 Å². The lowest BCUT2D eigenvalue weighted by atomic mass is 10.1. The third-order valence-electron chi connectivity index (χ3n) is 4.13. The molecule has 124 valence electrons. The summed E-state index contributed by atoms with van der Waals surface area (Å²) in [4.78, 5) is 12.0. The van der Waals surface area contributed by atoms with Crippen LogP contribution in [0.3, 0.4) is 0 Å². The predicted molar refractivity (Wildman–Crippen MR) is 88.1 cm³/mol. The van der Waals surface area contributed by atoms with Gasteiger partial charge in [-0.3, -0.25) is 4.79 Å². The van der Waals surface area contributed by atoms with Crippen molar-refractivity contribution in [3.63, 3.8) is 0 Å². The molecule has 6 heteroatoms. The molecule has 1 aliphatic carbocycles. The Balaban J connectivity index is 1.34. The molecule has 0 spiro atoms. The average molecular weight is 328 g/mol. The van der Waals surface area contributed by atoms with Crippen LogP contribution in [0.1, 0.15) is 24.3 Å². The highest BCUT2D eigenvalue weighted by Gasteiger charge is 2.26. The van der Waals surface area contributed by atoms with Crippen LogP contribution in [0.5, 0.6) is 11.5 Å². The van der Waals surface area contributed by atoms with Crippen molar-refractivity contribution in [3.05, 3.63) is 47.8 Å². The number of carbonyl (C=O) groups is 1. The van der Waals surface area contributed by atoms with Gasteiger partial charge in [-0.15, -0.1) is 0 Å². The number of carbonyl (C=O) groups excluding carboxylic acids is 1. The lowest BCUT2D eigenvalue weighted by Crippen LogP contribution is -2.21. The van der Waals surface area contributed by atoms with Crippen LogP contribution < -0.4 is 20.1 Å². The fraction of sp³-hybridized carbons (Fsp3) is 0.278. The maximum absolute atomic E-state index is 14.0. The van der Waals surface area contributed by atoms with E-state index in [0.29, 0.717) is 28.8 Å². The summed E-state index contributed by atoms with van der Waals surface area (Å²) in [5.41, 5.74) is 1.99. The van der Waals surface area contributed by atoms with E-state index in [1.54, 1.807) is 24.3 Å². The van der Waals surface area contributed by atoms with Crippen molar-refractivity contribution >= 4 is 17.3 Å². The fourth-order valence-electron chi connectivity index (χ4n) is 2.72. The quantitative estimate of drug-likeness (QED) is 0.882. The molecule has 1 heterocycles. The first-order chi connectivity index (χ1) is 11.7. The Bertz CT molecular complexity index is 790. The minimum atomic E-state index is -0.222. The Morgan fingerprint density at radius 3 is 2.67 bits per heavy atom. The third-order valence-corrected chi connectivity index (χ3v) is 4.13. The van der Waals surface area contributed by atoms with Crippen LogP contribution in [0.25, 0.3) is 0 Å². The summed E-state index contributed by atoms with van der Waals surface area (Å²) in [6, 6.07) is 10.3. The molecule has 0 bridgehead atoms. The van der Waals surface area contributed by atoms with Gasteiger partial charge in [0.25, 0.3) is 0 Å². The first-order valence-electron chi connectivity index (χ1n) is 7.92. The van der Waals surface area contributed by atoms with Gasteiger partial charge in [0, 0.05) is 17.4 Å². The largest absolute Gasteiger partial charge is 0.454 e. The minimum absolute atomic E-state index is 0.0522. The lowest BCUT2D eigenvalue weighted by Gasteiger charge is -2.09. The molecule has 0 radical (unpaired) electrons. The highest BCUT2D eigenvalue weighted by Crippen LogP contribution is 2.41. The van der Waals surface area contributed by atoms with E-state index in [1.807, 2.05) is 6.07 Å². The first kappa shape index (κ1) is 14.8. The molecular formula is C18H17FN2O3. The zero-order valence-corrected chi connectivity index (χ0v) is 13.0. The predicted octanol–water partition coefficient (Wildman–Crippen LogP) is 3.48. The molecule has 2 N–H and O–H groups in total. The van der Waals surface area contributed by atoms with Crippen LogP contribution >= 0.6 is 0 Å². The van der Waals surface area contributed by atoms with Crippen LogP contribution in [0.4, 0.5) is 15.8 Å². The highest BCUT2D eigenvalue weighted by molar-refractivity contribution is 5.94. The van der Waals surface area contributed by atoms with E-state index in [-0.39, 0.29) is 25.1 Å². The molecule has 0 saturated heterocycles. The number of rotatable bonds is 5. The number of amides is 1. The third kappa shape index (κ3) is 3.13. The summed E-state index contributed by atoms with van der Waals surface area (Å²) in [5, 5.41) is 5.70. The zero-order chi connectivity index (χ0) is 16.5. The molecule has 0 unspecified atom stereocenters.